The Bertz CT molecular complexity index is 1020. The van der Waals surface area contributed by atoms with Gasteiger partial charge in [-0.3, -0.25) is 9.59 Å². The van der Waals surface area contributed by atoms with Gasteiger partial charge in [0.15, 0.2) is 5.88 Å². The average Bonchev–Trinajstić information content (AvgIpc) is 3.16. The van der Waals surface area contributed by atoms with Gasteiger partial charge in [-0.1, -0.05) is 25.0 Å². The summed E-state index contributed by atoms with van der Waals surface area (Å²) in [6.07, 6.45) is 6.21. The highest BCUT2D eigenvalue weighted by molar-refractivity contribution is 6.15. The molecular weight excluding hydrogens is 396 g/mol. The zero-order valence-corrected chi connectivity index (χ0v) is 17.5. The number of amides is 4. The number of nitrogens with zero attached hydrogens (tertiary/aromatic N) is 2. The van der Waals surface area contributed by atoms with E-state index in [-0.39, 0.29) is 12.2 Å². The second-order valence-corrected chi connectivity index (χ2v) is 7.87. The number of urea groups is 1. The molecule has 1 aromatic carbocycles. The molecule has 8 nitrogen and oxygen atoms in total. The standard InChI is InChI=1S/C23H26N4O4/c1-16-7-6-8-17(13-16)24-20(28)15-27-22(29)19(25-23(27)30)14-18-9-10-21(31-18)26-11-4-2-3-5-12-26/h6-10,13-14H,2-5,11-12,15H2,1H3,(H,24,28)(H,25,30)/b19-14+. The van der Waals surface area contributed by atoms with Crippen molar-refractivity contribution >= 4 is 35.5 Å². The van der Waals surface area contributed by atoms with E-state index in [1.807, 2.05) is 31.2 Å². The van der Waals surface area contributed by atoms with Crippen molar-refractivity contribution < 1.29 is 18.8 Å². The number of imide groups is 1. The number of nitrogens with one attached hydrogen (secondary N) is 2. The number of carbonyl (C=O) groups excluding carboxylic acids is 3. The van der Waals surface area contributed by atoms with E-state index in [0.717, 1.165) is 42.3 Å². The maximum Gasteiger partial charge on any atom is 0.329 e. The monoisotopic (exact) mass is 422 g/mol. The van der Waals surface area contributed by atoms with Gasteiger partial charge in [-0.15, -0.1) is 0 Å². The molecule has 0 saturated carbocycles. The number of furan rings is 1. The van der Waals surface area contributed by atoms with Crippen molar-refractivity contribution in [2.24, 2.45) is 0 Å². The molecule has 3 heterocycles. The summed E-state index contributed by atoms with van der Waals surface area (Å²) in [5.74, 6) is 0.239. The Morgan fingerprint density at radius 2 is 1.90 bits per heavy atom. The molecule has 2 fully saturated rings. The van der Waals surface area contributed by atoms with Crippen molar-refractivity contribution in [3.05, 3.63) is 53.4 Å². The summed E-state index contributed by atoms with van der Waals surface area (Å²) in [6, 6.07) is 10.3. The minimum atomic E-state index is -0.630. The predicted molar refractivity (Wildman–Crippen MR) is 117 cm³/mol. The molecule has 2 N–H and O–H groups in total. The van der Waals surface area contributed by atoms with Crippen molar-refractivity contribution in [1.29, 1.82) is 0 Å². The molecule has 4 amide bonds. The van der Waals surface area contributed by atoms with Crippen molar-refractivity contribution in [3.63, 3.8) is 0 Å². The molecule has 0 aliphatic carbocycles. The van der Waals surface area contributed by atoms with Crippen molar-refractivity contribution in [1.82, 2.24) is 10.2 Å². The third-order valence-electron chi connectivity index (χ3n) is 5.38. The van der Waals surface area contributed by atoms with Gasteiger partial charge in [-0.2, -0.15) is 0 Å². The summed E-state index contributed by atoms with van der Waals surface area (Å²) in [5.41, 5.74) is 1.70. The molecule has 2 saturated heterocycles. The highest BCUT2D eigenvalue weighted by atomic mass is 16.4. The van der Waals surface area contributed by atoms with E-state index in [1.54, 1.807) is 12.1 Å². The summed E-state index contributed by atoms with van der Waals surface area (Å²) in [5, 5.41) is 5.23. The molecule has 162 valence electrons. The molecule has 0 spiro atoms. The third kappa shape index (κ3) is 4.96. The van der Waals surface area contributed by atoms with E-state index < -0.39 is 17.8 Å². The third-order valence-corrected chi connectivity index (χ3v) is 5.38. The topological polar surface area (TPSA) is 94.9 Å². The lowest BCUT2D eigenvalue weighted by atomic mass is 10.2. The lowest BCUT2D eigenvalue weighted by Gasteiger charge is -2.18. The number of aryl methyl sites for hydroxylation is 1. The fourth-order valence-electron chi connectivity index (χ4n) is 3.81. The molecule has 0 unspecified atom stereocenters. The van der Waals surface area contributed by atoms with E-state index in [1.165, 1.54) is 18.9 Å². The van der Waals surface area contributed by atoms with Gasteiger partial charge in [-0.05, 0) is 43.5 Å². The van der Waals surface area contributed by atoms with Gasteiger partial charge < -0.3 is 20.0 Å². The Morgan fingerprint density at radius 3 is 2.65 bits per heavy atom. The Labute approximate surface area is 180 Å². The molecule has 0 radical (unpaired) electrons. The predicted octanol–water partition coefficient (Wildman–Crippen LogP) is 3.50. The number of rotatable bonds is 5. The van der Waals surface area contributed by atoms with Crippen LogP contribution in [0.25, 0.3) is 6.08 Å². The van der Waals surface area contributed by atoms with E-state index in [0.29, 0.717) is 11.4 Å². The maximum atomic E-state index is 12.7. The Balaban J connectivity index is 1.40. The van der Waals surface area contributed by atoms with Crippen LogP contribution in [0.15, 0.2) is 46.5 Å². The second-order valence-electron chi connectivity index (χ2n) is 7.87. The quantitative estimate of drug-likeness (QED) is 0.568. The summed E-state index contributed by atoms with van der Waals surface area (Å²) in [6.45, 7) is 3.44. The summed E-state index contributed by atoms with van der Waals surface area (Å²) in [4.78, 5) is 40.3. The number of anilines is 2. The average molecular weight is 422 g/mol. The Morgan fingerprint density at radius 1 is 1.13 bits per heavy atom. The minimum absolute atomic E-state index is 0.0881. The number of benzene rings is 1. The van der Waals surface area contributed by atoms with Crippen molar-refractivity contribution in [2.45, 2.75) is 32.6 Å². The number of hydrogen-bond acceptors (Lipinski definition) is 5. The zero-order chi connectivity index (χ0) is 21.8. The first kappa shape index (κ1) is 20.7. The molecule has 0 bridgehead atoms. The maximum absolute atomic E-state index is 12.7. The van der Waals surface area contributed by atoms with Crippen LogP contribution in [0.2, 0.25) is 0 Å². The van der Waals surface area contributed by atoms with Crippen LogP contribution in [-0.2, 0) is 9.59 Å². The lowest BCUT2D eigenvalue weighted by molar-refractivity contribution is -0.127. The largest absolute Gasteiger partial charge is 0.441 e. The molecule has 1 aromatic heterocycles. The van der Waals surface area contributed by atoms with Crippen molar-refractivity contribution in [3.8, 4) is 0 Å². The minimum Gasteiger partial charge on any atom is -0.441 e. The molecule has 2 aliphatic heterocycles. The Hall–Kier alpha value is -3.55. The van der Waals surface area contributed by atoms with Gasteiger partial charge in [0, 0.05) is 30.9 Å². The van der Waals surface area contributed by atoms with Crippen LogP contribution >= 0.6 is 0 Å². The zero-order valence-electron chi connectivity index (χ0n) is 17.5. The lowest BCUT2D eigenvalue weighted by Crippen LogP contribution is -2.38. The molecular formula is C23H26N4O4. The fraction of sp³-hybridized carbons (Fsp3) is 0.348. The van der Waals surface area contributed by atoms with Crippen LogP contribution in [-0.4, -0.2) is 42.4 Å². The first-order chi connectivity index (χ1) is 15.0. The SMILES string of the molecule is Cc1cccc(NC(=O)CN2C(=O)N/C(=C/c3ccc(N4CCCCCC4)o3)C2=O)c1. The van der Waals surface area contributed by atoms with Crippen LogP contribution < -0.4 is 15.5 Å². The summed E-state index contributed by atoms with van der Waals surface area (Å²) in [7, 11) is 0. The molecule has 2 aromatic rings. The van der Waals surface area contributed by atoms with E-state index in [9.17, 15) is 14.4 Å². The van der Waals surface area contributed by atoms with Crippen LogP contribution in [0.5, 0.6) is 0 Å². The van der Waals surface area contributed by atoms with Crippen LogP contribution in [0.4, 0.5) is 16.4 Å². The van der Waals surface area contributed by atoms with Gasteiger partial charge in [-0.25, -0.2) is 9.69 Å². The molecule has 8 heteroatoms. The van der Waals surface area contributed by atoms with Gasteiger partial charge in [0.25, 0.3) is 5.91 Å². The highest BCUT2D eigenvalue weighted by Crippen LogP contribution is 2.24. The first-order valence-corrected chi connectivity index (χ1v) is 10.6. The molecule has 31 heavy (non-hydrogen) atoms. The van der Waals surface area contributed by atoms with Gasteiger partial charge >= 0.3 is 6.03 Å². The molecule has 4 rings (SSSR count). The molecule has 0 atom stereocenters. The van der Waals surface area contributed by atoms with Crippen LogP contribution in [0.1, 0.15) is 37.0 Å². The smallest absolute Gasteiger partial charge is 0.329 e. The van der Waals surface area contributed by atoms with Gasteiger partial charge in [0.1, 0.15) is 18.0 Å². The Kier molecular flexibility index (Phi) is 6.06. The van der Waals surface area contributed by atoms with Crippen molar-refractivity contribution in [2.75, 3.05) is 29.9 Å². The van der Waals surface area contributed by atoms with E-state index >= 15 is 0 Å². The highest BCUT2D eigenvalue weighted by Gasteiger charge is 2.35. The number of hydrogen-bond donors (Lipinski definition) is 2. The fourth-order valence-corrected chi connectivity index (χ4v) is 3.81. The van der Waals surface area contributed by atoms with E-state index in [4.69, 9.17) is 4.42 Å². The summed E-state index contributed by atoms with van der Waals surface area (Å²) >= 11 is 0. The number of carbonyl (C=O) groups is 3. The van der Waals surface area contributed by atoms with Crippen LogP contribution in [0.3, 0.4) is 0 Å². The summed E-state index contributed by atoms with van der Waals surface area (Å²) < 4.78 is 5.88. The van der Waals surface area contributed by atoms with Gasteiger partial charge in [0.05, 0.1) is 0 Å². The van der Waals surface area contributed by atoms with Gasteiger partial charge in [0.2, 0.25) is 5.91 Å². The first-order valence-electron chi connectivity index (χ1n) is 10.6. The van der Waals surface area contributed by atoms with E-state index in [2.05, 4.69) is 15.5 Å². The molecule has 2 aliphatic rings. The second kappa shape index (κ2) is 9.07. The van der Waals surface area contributed by atoms with Crippen LogP contribution in [0, 0.1) is 6.92 Å². The normalized spacial score (nSPS) is 18.3.